The summed E-state index contributed by atoms with van der Waals surface area (Å²) in [6.45, 7) is 5.06. The summed E-state index contributed by atoms with van der Waals surface area (Å²) in [5.74, 6) is 0.776. The number of piperidine rings is 1. The van der Waals surface area contributed by atoms with E-state index in [-0.39, 0.29) is 11.5 Å². The number of ether oxygens (including phenoxy) is 1. The molecule has 0 spiro atoms. The Hall–Kier alpha value is -3.87. The maximum absolute atomic E-state index is 14.2. The molecule has 10 nitrogen and oxygen atoms in total. The fourth-order valence-electron chi connectivity index (χ4n) is 5.25. The number of fused-ring (bicyclic) bond motifs is 1. The lowest BCUT2D eigenvalue weighted by molar-refractivity contribution is -0.138. The molecule has 1 aromatic carbocycles. The smallest absolute Gasteiger partial charge is 0.378 e. The van der Waals surface area contributed by atoms with E-state index in [1.807, 2.05) is 25.1 Å². The molecule has 1 amide bonds. The molecule has 1 N–H and O–H groups in total. The summed E-state index contributed by atoms with van der Waals surface area (Å²) in [5.41, 5.74) is 1.53. The van der Waals surface area contributed by atoms with Gasteiger partial charge in [0.1, 0.15) is 5.69 Å². The average molecular weight is 559 g/mol. The molecule has 40 heavy (non-hydrogen) atoms. The number of aliphatic imine (C=N–C) groups is 1. The quantitative estimate of drug-likeness (QED) is 0.264. The number of morpholine rings is 1. The number of alkyl halides is 3. The molecule has 4 heterocycles. The zero-order valence-corrected chi connectivity index (χ0v) is 22.8. The second kappa shape index (κ2) is 11.3. The first-order valence-corrected chi connectivity index (χ1v) is 13.3. The van der Waals surface area contributed by atoms with E-state index >= 15 is 0 Å². The third kappa shape index (κ3) is 5.69. The third-order valence-corrected chi connectivity index (χ3v) is 7.24. The summed E-state index contributed by atoms with van der Waals surface area (Å²) in [4.78, 5) is 26.0. The summed E-state index contributed by atoms with van der Waals surface area (Å²) in [6, 6.07) is 6.06. The maximum Gasteiger partial charge on any atom is 0.416 e. The van der Waals surface area contributed by atoms with Gasteiger partial charge in [-0.3, -0.25) is 4.79 Å². The first-order valence-electron chi connectivity index (χ1n) is 13.3. The summed E-state index contributed by atoms with van der Waals surface area (Å²) in [6.07, 6.45) is -1.23. The van der Waals surface area contributed by atoms with Gasteiger partial charge < -0.3 is 24.8 Å². The number of aromatic nitrogens is 3. The lowest BCUT2D eigenvalue weighted by Gasteiger charge is -2.32. The van der Waals surface area contributed by atoms with Gasteiger partial charge in [-0.2, -0.15) is 17.7 Å². The molecular formula is C27H33F3N8O2. The van der Waals surface area contributed by atoms with E-state index in [4.69, 9.17) is 14.8 Å². The van der Waals surface area contributed by atoms with Gasteiger partial charge in [-0.15, -0.1) is 5.10 Å². The van der Waals surface area contributed by atoms with E-state index in [0.29, 0.717) is 86.6 Å². The zero-order chi connectivity index (χ0) is 28.4. The van der Waals surface area contributed by atoms with Crippen LogP contribution in [0.15, 0.2) is 29.3 Å². The van der Waals surface area contributed by atoms with Gasteiger partial charge in [-0.25, -0.2) is 9.98 Å². The Bertz CT molecular complexity index is 1390. The van der Waals surface area contributed by atoms with Crippen LogP contribution in [0, 0.1) is 6.92 Å². The number of carbonyl (C=O) groups is 1. The Kier molecular flexibility index (Phi) is 7.83. The summed E-state index contributed by atoms with van der Waals surface area (Å²) >= 11 is 0. The molecule has 2 aliphatic heterocycles. The minimum absolute atomic E-state index is 0.199. The van der Waals surface area contributed by atoms with E-state index in [1.165, 1.54) is 6.07 Å². The van der Waals surface area contributed by atoms with Crippen LogP contribution in [0.25, 0.3) is 5.65 Å². The van der Waals surface area contributed by atoms with Crippen molar-refractivity contribution in [2.24, 2.45) is 4.99 Å². The van der Waals surface area contributed by atoms with Gasteiger partial charge in [-0.1, -0.05) is 6.07 Å². The second-order valence-corrected chi connectivity index (χ2v) is 10.3. The van der Waals surface area contributed by atoms with Crippen molar-refractivity contribution in [2.75, 3.05) is 63.7 Å². The molecule has 2 saturated heterocycles. The van der Waals surface area contributed by atoms with Crippen molar-refractivity contribution in [1.82, 2.24) is 24.4 Å². The Morgan fingerprint density at radius 3 is 2.52 bits per heavy atom. The van der Waals surface area contributed by atoms with Crippen molar-refractivity contribution in [3.8, 4) is 0 Å². The molecule has 5 rings (SSSR count). The summed E-state index contributed by atoms with van der Waals surface area (Å²) in [5, 5.41) is 8.12. The maximum atomic E-state index is 14.2. The molecule has 0 bridgehead atoms. The van der Waals surface area contributed by atoms with Crippen molar-refractivity contribution >= 4 is 41.4 Å². The summed E-state index contributed by atoms with van der Waals surface area (Å²) < 4.78 is 49.8. The van der Waals surface area contributed by atoms with Gasteiger partial charge in [0, 0.05) is 52.0 Å². The van der Waals surface area contributed by atoms with E-state index in [9.17, 15) is 18.0 Å². The normalized spacial score (nSPS) is 17.1. The molecule has 0 radical (unpaired) electrons. The van der Waals surface area contributed by atoms with Crippen molar-refractivity contribution < 1.29 is 22.7 Å². The van der Waals surface area contributed by atoms with Crippen LogP contribution in [0.3, 0.4) is 0 Å². The first-order chi connectivity index (χ1) is 19.2. The number of rotatable bonds is 7. The molecule has 2 fully saturated rings. The number of hydrogen-bond acceptors (Lipinski definition) is 7. The fourth-order valence-corrected chi connectivity index (χ4v) is 5.25. The SMILES string of the molecule is Cc1nc2c(N=CN(C)C)cc(N3CCOCC3)nn2c1Nc1cccc(C(F)(F)F)c1C1CCN(C=O)CC1. The van der Waals surface area contributed by atoms with Gasteiger partial charge in [0.15, 0.2) is 17.3 Å². The highest BCUT2D eigenvalue weighted by Gasteiger charge is 2.37. The highest BCUT2D eigenvalue weighted by molar-refractivity contribution is 5.77. The lowest BCUT2D eigenvalue weighted by Crippen LogP contribution is -2.37. The number of likely N-dealkylation sites (tertiary alicyclic amines) is 1. The highest BCUT2D eigenvalue weighted by atomic mass is 19.4. The van der Waals surface area contributed by atoms with Crippen molar-refractivity contribution in [1.29, 1.82) is 0 Å². The van der Waals surface area contributed by atoms with Gasteiger partial charge in [0.25, 0.3) is 0 Å². The van der Waals surface area contributed by atoms with Crippen LogP contribution < -0.4 is 10.2 Å². The Balaban J connectivity index is 1.62. The average Bonchev–Trinajstić information content (AvgIpc) is 3.26. The van der Waals surface area contributed by atoms with Gasteiger partial charge in [-0.05, 0) is 43.4 Å². The molecule has 2 aliphatic rings. The number of benzene rings is 1. The van der Waals surface area contributed by atoms with Gasteiger partial charge in [0.05, 0.1) is 30.8 Å². The number of imidazole rings is 1. The molecule has 214 valence electrons. The Morgan fingerprint density at radius 2 is 1.88 bits per heavy atom. The number of aryl methyl sites for hydroxylation is 1. The van der Waals surface area contributed by atoms with E-state index in [2.05, 4.69) is 15.2 Å². The molecule has 0 unspecified atom stereocenters. The minimum atomic E-state index is -4.53. The van der Waals surface area contributed by atoms with Crippen LogP contribution in [0.2, 0.25) is 0 Å². The molecule has 13 heteroatoms. The topological polar surface area (TPSA) is 90.6 Å². The molecule has 0 saturated carbocycles. The van der Waals surface area contributed by atoms with Gasteiger partial charge in [0.2, 0.25) is 6.41 Å². The van der Waals surface area contributed by atoms with Crippen molar-refractivity contribution in [2.45, 2.75) is 31.9 Å². The van der Waals surface area contributed by atoms with Crippen LogP contribution in [0.5, 0.6) is 0 Å². The van der Waals surface area contributed by atoms with E-state index < -0.39 is 11.7 Å². The molecule has 0 atom stereocenters. The minimum Gasteiger partial charge on any atom is -0.378 e. The monoisotopic (exact) mass is 558 g/mol. The fraction of sp³-hybridized carbons (Fsp3) is 0.481. The standard InChI is InChI=1S/C27H33F3N8O2/c1-18-25(33-21-6-4-5-20(27(28,29)30)24(21)19-7-9-36(17-39)10-8-19)38-26(32-18)22(31-16-35(2)3)15-23(34-38)37-11-13-40-14-12-37/h4-6,15-17,19,33H,7-14H2,1-3H3. The van der Waals surface area contributed by atoms with Crippen LogP contribution in [0.1, 0.15) is 35.6 Å². The largest absolute Gasteiger partial charge is 0.416 e. The second-order valence-electron chi connectivity index (χ2n) is 10.3. The molecule has 2 aromatic heterocycles. The Labute approximate surface area is 230 Å². The highest BCUT2D eigenvalue weighted by Crippen LogP contribution is 2.43. The van der Waals surface area contributed by atoms with Crippen LogP contribution in [-0.4, -0.2) is 90.6 Å². The number of amides is 1. The number of anilines is 3. The molecule has 0 aliphatic carbocycles. The van der Waals surface area contributed by atoms with Crippen LogP contribution in [-0.2, 0) is 15.7 Å². The van der Waals surface area contributed by atoms with Crippen molar-refractivity contribution in [3.63, 3.8) is 0 Å². The number of hydrogen-bond donors (Lipinski definition) is 1. The predicted octanol–water partition coefficient (Wildman–Crippen LogP) is 4.19. The predicted molar refractivity (Wildman–Crippen MR) is 147 cm³/mol. The summed E-state index contributed by atoms with van der Waals surface area (Å²) in [7, 11) is 3.73. The number of nitrogens with one attached hydrogen (secondary N) is 1. The zero-order valence-electron chi connectivity index (χ0n) is 22.8. The molecular weight excluding hydrogens is 525 g/mol. The number of halogens is 3. The number of nitrogens with zero attached hydrogens (tertiary/aromatic N) is 7. The van der Waals surface area contributed by atoms with Crippen molar-refractivity contribution in [3.05, 3.63) is 41.1 Å². The number of carbonyl (C=O) groups excluding carboxylic acids is 1. The Morgan fingerprint density at radius 1 is 1.15 bits per heavy atom. The molecule has 3 aromatic rings. The lowest BCUT2D eigenvalue weighted by atomic mass is 9.85. The van der Waals surface area contributed by atoms with Crippen LogP contribution >= 0.6 is 0 Å². The van der Waals surface area contributed by atoms with Crippen LogP contribution in [0.4, 0.5) is 36.2 Å². The van der Waals surface area contributed by atoms with Gasteiger partial charge >= 0.3 is 6.18 Å². The third-order valence-electron chi connectivity index (χ3n) is 7.24. The van der Waals surface area contributed by atoms with E-state index in [1.54, 1.807) is 28.7 Å². The first kappa shape index (κ1) is 27.7. The van der Waals surface area contributed by atoms with E-state index in [0.717, 1.165) is 12.5 Å².